The lowest BCUT2D eigenvalue weighted by atomic mass is 10.1. The van der Waals surface area contributed by atoms with E-state index in [2.05, 4.69) is 15.9 Å². The van der Waals surface area contributed by atoms with Gasteiger partial charge in [0.05, 0.1) is 0 Å². The van der Waals surface area contributed by atoms with E-state index in [9.17, 15) is 0 Å². The summed E-state index contributed by atoms with van der Waals surface area (Å²) >= 11 is 3.33. The highest BCUT2D eigenvalue weighted by atomic mass is 79.9. The molecule has 0 heterocycles. The molecule has 0 aliphatic carbocycles. The van der Waals surface area contributed by atoms with E-state index in [0.717, 1.165) is 10.0 Å². The molecular weight excluding hydrogens is 220 g/mol. The zero-order chi connectivity index (χ0) is 9.14. The van der Waals surface area contributed by atoms with E-state index in [1.54, 1.807) is 18.2 Å². The van der Waals surface area contributed by atoms with Gasteiger partial charge in [-0.15, -0.1) is 0 Å². The monoisotopic (exact) mass is 230 g/mol. The van der Waals surface area contributed by atoms with Crippen molar-refractivity contribution in [3.05, 3.63) is 28.2 Å². The SMILES string of the molecule is NCC(N)c1cc(O)ccc1Br. The number of aromatic hydroxyl groups is 1. The largest absolute Gasteiger partial charge is 0.508 e. The normalized spacial score (nSPS) is 12.9. The van der Waals surface area contributed by atoms with E-state index < -0.39 is 0 Å². The molecule has 12 heavy (non-hydrogen) atoms. The Kier molecular flexibility index (Phi) is 3.08. The molecule has 5 N–H and O–H groups in total. The van der Waals surface area contributed by atoms with Gasteiger partial charge in [-0.1, -0.05) is 15.9 Å². The van der Waals surface area contributed by atoms with Crippen LogP contribution in [0.3, 0.4) is 0 Å². The van der Waals surface area contributed by atoms with Gasteiger partial charge < -0.3 is 16.6 Å². The maximum Gasteiger partial charge on any atom is 0.115 e. The zero-order valence-electron chi connectivity index (χ0n) is 6.50. The highest BCUT2D eigenvalue weighted by Gasteiger charge is 2.08. The summed E-state index contributed by atoms with van der Waals surface area (Å²) in [6.45, 7) is 0.363. The summed E-state index contributed by atoms with van der Waals surface area (Å²) in [6.07, 6.45) is 0. The van der Waals surface area contributed by atoms with Gasteiger partial charge in [0.2, 0.25) is 0 Å². The molecule has 0 aromatic heterocycles. The molecule has 0 aliphatic heterocycles. The average molecular weight is 231 g/mol. The lowest BCUT2D eigenvalue weighted by Gasteiger charge is -2.11. The number of phenols is 1. The molecule has 0 saturated carbocycles. The minimum absolute atomic E-state index is 0.206. The van der Waals surface area contributed by atoms with Crippen molar-refractivity contribution in [2.45, 2.75) is 6.04 Å². The van der Waals surface area contributed by atoms with Crippen LogP contribution in [0.4, 0.5) is 0 Å². The number of rotatable bonds is 2. The molecule has 0 aliphatic rings. The Hall–Kier alpha value is -0.580. The van der Waals surface area contributed by atoms with Crippen LogP contribution < -0.4 is 11.5 Å². The molecule has 0 amide bonds. The standard InChI is InChI=1S/C8H11BrN2O/c9-7-2-1-5(12)3-6(7)8(11)4-10/h1-3,8,12H,4,10-11H2. The molecule has 66 valence electrons. The maximum atomic E-state index is 9.16. The summed E-state index contributed by atoms with van der Waals surface area (Å²) in [6, 6.07) is 4.73. The van der Waals surface area contributed by atoms with Gasteiger partial charge in [0.1, 0.15) is 5.75 Å². The number of hydrogen-bond donors (Lipinski definition) is 3. The molecule has 1 aromatic rings. The van der Waals surface area contributed by atoms with Crippen LogP contribution in [-0.4, -0.2) is 11.7 Å². The zero-order valence-corrected chi connectivity index (χ0v) is 8.08. The highest BCUT2D eigenvalue weighted by Crippen LogP contribution is 2.25. The molecule has 0 saturated heterocycles. The topological polar surface area (TPSA) is 72.3 Å². The molecule has 3 nitrogen and oxygen atoms in total. The van der Waals surface area contributed by atoms with E-state index in [1.807, 2.05) is 0 Å². The average Bonchev–Trinajstić information content (AvgIpc) is 2.08. The van der Waals surface area contributed by atoms with Crippen LogP contribution in [0.5, 0.6) is 5.75 Å². The van der Waals surface area contributed by atoms with Gasteiger partial charge in [0.15, 0.2) is 0 Å². The number of benzene rings is 1. The van der Waals surface area contributed by atoms with E-state index in [-0.39, 0.29) is 11.8 Å². The molecular formula is C8H11BrN2O. The van der Waals surface area contributed by atoms with Crippen LogP contribution in [0, 0.1) is 0 Å². The summed E-state index contributed by atoms with van der Waals surface area (Å²) in [5.74, 6) is 0.206. The smallest absolute Gasteiger partial charge is 0.115 e. The fraction of sp³-hybridized carbons (Fsp3) is 0.250. The van der Waals surface area contributed by atoms with Crippen LogP contribution in [0.15, 0.2) is 22.7 Å². The van der Waals surface area contributed by atoms with Crippen LogP contribution in [0.2, 0.25) is 0 Å². The number of halogens is 1. The summed E-state index contributed by atoms with van der Waals surface area (Å²) < 4.78 is 0.873. The second-order valence-corrected chi connectivity index (χ2v) is 3.40. The Morgan fingerprint density at radius 1 is 1.50 bits per heavy atom. The molecule has 0 bridgehead atoms. The van der Waals surface area contributed by atoms with Crippen molar-refractivity contribution in [2.24, 2.45) is 11.5 Å². The summed E-state index contributed by atoms with van der Waals surface area (Å²) in [7, 11) is 0. The minimum atomic E-state index is -0.230. The molecule has 1 unspecified atom stereocenters. The number of hydrogen-bond acceptors (Lipinski definition) is 3. The lowest BCUT2D eigenvalue weighted by molar-refractivity contribution is 0.473. The van der Waals surface area contributed by atoms with E-state index in [4.69, 9.17) is 16.6 Å². The second kappa shape index (κ2) is 3.89. The first-order valence-corrected chi connectivity index (χ1v) is 4.38. The number of phenolic OH excluding ortho intramolecular Hbond substituents is 1. The summed E-state index contributed by atoms with van der Waals surface area (Å²) in [5, 5.41) is 9.16. The van der Waals surface area contributed by atoms with Crippen LogP contribution >= 0.6 is 15.9 Å². The molecule has 1 rings (SSSR count). The first-order valence-electron chi connectivity index (χ1n) is 3.59. The highest BCUT2D eigenvalue weighted by molar-refractivity contribution is 9.10. The van der Waals surface area contributed by atoms with Gasteiger partial charge >= 0.3 is 0 Å². The van der Waals surface area contributed by atoms with Gasteiger partial charge in [0, 0.05) is 17.1 Å². The van der Waals surface area contributed by atoms with Crippen LogP contribution in [0.25, 0.3) is 0 Å². The fourth-order valence-electron chi connectivity index (χ4n) is 0.942. The molecule has 0 radical (unpaired) electrons. The predicted molar refractivity (Wildman–Crippen MR) is 51.8 cm³/mol. The van der Waals surface area contributed by atoms with Crippen molar-refractivity contribution in [1.29, 1.82) is 0 Å². The van der Waals surface area contributed by atoms with E-state index in [1.165, 1.54) is 0 Å². The van der Waals surface area contributed by atoms with Crippen molar-refractivity contribution < 1.29 is 5.11 Å². The minimum Gasteiger partial charge on any atom is -0.508 e. The first-order chi connectivity index (χ1) is 5.65. The Labute approximate surface area is 79.5 Å². The van der Waals surface area contributed by atoms with Crippen LogP contribution in [0.1, 0.15) is 11.6 Å². The second-order valence-electron chi connectivity index (χ2n) is 2.55. The summed E-state index contributed by atoms with van der Waals surface area (Å²) in [5.41, 5.74) is 11.9. The molecule has 4 heteroatoms. The Bertz CT molecular complexity index is 278. The molecule has 0 fully saturated rings. The van der Waals surface area contributed by atoms with Gasteiger partial charge in [-0.2, -0.15) is 0 Å². The van der Waals surface area contributed by atoms with Gasteiger partial charge in [-0.05, 0) is 23.8 Å². The van der Waals surface area contributed by atoms with Gasteiger partial charge in [-0.3, -0.25) is 0 Å². The lowest BCUT2D eigenvalue weighted by Crippen LogP contribution is -2.20. The van der Waals surface area contributed by atoms with Gasteiger partial charge in [-0.25, -0.2) is 0 Å². The van der Waals surface area contributed by atoms with Crippen molar-refractivity contribution in [3.63, 3.8) is 0 Å². The van der Waals surface area contributed by atoms with Crippen molar-refractivity contribution >= 4 is 15.9 Å². The third-order valence-corrected chi connectivity index (χ3v) is 2.36. The number of nitrogens with two attached hydrogens (primary N) is 2. The van der Waals surface area contributed by atoms with Crippen molar-refractivity contribution in [2.75, 3.05) is 6.54 Å². The quantitative estimate of drug-likeness (QED) is 0.713. The first kappa shape index (κ1) is 9.51. The van der Waals surface area contributed by atoms with Crippen molar-refractivity contribution in [1.82, 2.24) is 0 Å². The Morgan fingerprint density at radius 3 is 2.75 bits per heavy atom. The molecule has 1 atom stereocenters. The molecule has 1 aromatic carbocycles. The summed E-state index contributed by atoms with van der Waals surface area (Å²) in [4.78, 5) is 0. The van der Waals surface area contributed by atoms with Crippen molar-refractivity contribution in [3.8, 4) is 5.75 Å². The Morgan fingerprint density at radius 2 is 2.17 bits per heavy atom. The van der Waals surface area contributed by atoms with E-state index in [0.29, 0.717) is 6.54 Å². The molecule has 0 spiro atoms. The van der Waals surface area contributed by atoms with Crippen LogP contribution in [-0.2, 0) is 0 Å². The third kappa shape index (κ3) is 1.97. The maximum absolute atomic E-state index is 9.16. The van der Waals surface area contributed by atoms with E-state index >= 15 is 0 Å². The predicted octanol–water partition coefficient (Wildman–Crippen LogP) is 1.11. The van der Waals surface area contributed by atoms with Gasteiger partial charge in [0.25, 0.3) is 0 Å². The fourth-order valence-corrected chi connectivity index (χ4v) is 1.48. The Balaban J connectivity index is 3.04. The third-order valence-electron chi connectivity index (χ3n) is 1.63.